The topological polar surface area (TPSA) is 72.4 Å². The van der Waals surface area contributed by atoms with Crippen molar-refractivity contribution in [1.82, 2.24) is 4.57 Å². The third kappa shape index (κ3) is 3.66. The van der Waals surface area contributed by atoms with Crippen molar-refractivity contribution in [2.75, 3.05) is 24.7 Å². The van der Waals surface area contributed by atoms with E-state index in [4.69, 9.17) is 10.5 Å². The van der Waals surface area contributed by atoms with Crippen molar-refractivity contribution in [2.45, 2.75) is 12.6 Å². The molecular weight excluding hydrogens is 418 g/mol. The monoisotopic (exact) mass is 439 g/mol. The van der Waals surface area contributed by atoms with Gasteiger partial charge in [-0.05, 0) is 48.5 Å². The third-order valence-corrected chi connectivity index (χ3v) is 5.35. The second-order valence-corrected chi connectivity index (χ2v) is 7.73. The van der Waals surface area contributed by atoms with Crippen molar-refractivity contribution in [2.24, 2.45) is 0 Å². The van der Waals surface area contributed by atoms with E-state index in [1.54, 1.807) is 7.11 Å². The third-order valence-electron chi connectivity index (χ3n) is 4.86. The van der Waals surface area contributed by atoms with Crippen LogP contribution in [0.4, 0.5) is 11.4 Å². The van der Waals surface area contributed by atoms with E-state index in [0.29, 0.717) is 13.1 Å². The number of nitrogens with two attached hydrogens (primary N) is 1. The summed E-state index contributed by atoms with van der Waals surface area (Å²) in [5, 5.41) is 16.2. The number of aromatic nitrogens is 1. The van der Waals surface area contributed by atoms with E-state index in [1.807, 2.05) is 48.5 Å². The van der Waals surface area contributed by atoms with Gasteiger partial charge >= 0.3 is 0 Å². The number of anilines is 2. The molecule has 6 heteroatoms. The molecule has 1 atom stereocenters. The second-order valence-electron chi connectivity index (χ2n) is 6.82. The lowest BCUT2D eigenvalue weighted by Gasteiger charge is -2.16. The standard InChI is InChI=1S/C22H22BrN3O2/c1-28-18-4-2-3-16(11-18)25-12-17(27)13-26-21-7-5-14(23)9-19(21)20-10-15(24)6-8-22(20)26/h2-11,17,25,27H,12-13,24H2,1H3. The number of nitrogens with zero attached hydrogens (tertiary/aromatic N) is 1. The van der Waals surface area contributed by atoms with Crippen LogP contribution >= 0.6 is 15.9 Å². The minimum atomic E-state index is -0.564. The smallest absolute Gasteiger partial charge is 0.120 e. The summed E-state index contributed by atoms with van der Waals surface area (Å²) in [6, 6.07) is 19.7. The molecule has 3 aromatic carbocycles. The van der Waals surface area contributed by atoms with E-state index < -0.39 is 6.10 Å². The van der Waals surface area contributed by atoms with Crippen LogP contribution in [0.2, 0.25) is 0 Å². The fourth-order valence-electron chi connectivity index (χ4n) is 3.53. The van der Waals surface area contributed by atoms with Crippen LogP contribution < -0.4 is 15.8 Å². The van der Waals surface area contributed by atoms with E-state index in [2.05, 4.69) is 37.9 Å². The van der Waals surface area contributed by atoms with Crippen LogP contribution in [0.5, 0.6) is 5.75 Å². The number of halogens is 1. The van der Waals surface area contributed by atoms with Crippen LogP contribution in [0.3, 0.4) is 0 Å². The van der Waals surface area contributed by atoms with Crippen molar-refractivity contribution >= 4 is 49.1 Å². The van der Waals surface area contributed by atoms with Crippen LogP contribution in [-0.4, -0.2) is 29.4 Å². The van der Waals surface area contributed by atoms with E-state index >= 15 is 0 Å². The van der Waals surface area contributed by atoms with Crippen molar-refractivity contribution in [1.29, 1.82) is 0 Å². The molecule has 0 radical (unpaired) electrons. The summed E-state index contributed by atoms with van der Waals surface area (Å²) in [6.45, 7) is 0.905. The summed E-state index contributed by atoms with van der Waals surface area (Å²) in [5.41, 5.74) is 9.78. The number of aliphatic hydroxyl groups excluding tert-OH is 1. The highest BCUT2D eigenvalue weighted by Gasteiger charge is 2.14. The van der Waals surface area contributed by atoms with Crippen molar-refractivity contribution < 1.29 is 9.84 Å². The molecule has 4 N–H and O–H groups in total. The van der Waals surface area contributed by atoms with Gasteiger partial charge in [0.25, 0.3) is 0 Å². The molecule has 0 bridgehead atoms. The molecule has 144 valence electrons. The number of hydrogen-bond donors (Lipinski definition) is 3. The SMILES string of the molecule is COc1cccc(NCC(O)Cn2c3ccc(N)cc3c3cc(Br)ccc32)c1. The molecule has 0 aliphatic heterocycles. The number of nitrogens with one attached hydrogen (secondary N) is 1. The first-order valence-corrected chi connectivity index (χ1v) is 9.87. The molecular formula is C22H22BrN3O2. The zero-order valence-electron chi connectivity index (χ0n) is 15.5. The Morgan fingerprint density at radius 1 is 1.07 bits per heavy atom. The highest BCUT2D eigenvalue weighted by Crippen LogP contribution is 2.32. The first kappa shape index (κ1) is 18.7. The zero-order chi connectivity index (χ0) is 19.7. The fourth-order valence-corrected chi connectivity index (χ4v) is 3.90. The van der Waals surface area contributed by atoms with Gasteiger partial charge in [-0.1, -0.05) is 22.0 Å². The molecule has 1 heterocycles. The first-order chi connectivity index (χ1) is 13.5. The van der Waals surface area contributed by atoms with E-state index in [0.717, 1.165) is 43.4 Å². The van der Waals surface area contributed by atoms with Gasteiger partial charge in [0, 0.05) is 50.3 Å². The zero-order valence-corrected chi connectivity index (χ0v) is 17.1. The maximum atomic E-state index is 10.7. The fraction of sp³-hybridized carbons (Fsp3) is 0.182. The molecule has 0 spiro atoms. The number of hydrogen-bond acceptors (Lipinski definition) is 4. The minimum Gasteiger partial charge on any atom is -0.497 e. The summed E-state index contributed by atoms with van der Waals surface area (Å²) in [5.74, 6) is 0.782. The molecule has 0 amide bonds. The average molecular weight is 440 g/mol. The Balaban J connectivity index is 1.61. The van der Waals surface area contributed by atoms with Crippen molar-refractivity contribution in [3.05, 3.63) is 65.1 Å². The number of fused-ring (bicyclic) bond motifs is 3. The Kier molecular flexibility index (Phi) is 5.15. The number of aliphatic hydroxyl groups is 1. The van der Waals surface area contributed by atoms with Gasteiger partial charge in [-0.2, -0.15) is 0 Å². The molecule has 4 aromatic rings. The first-order valence-electron chi connectivity index (χ1n) is 9.08. The Morgan fingerprint density at radius 2 is 1.82 bits per heavy atom. The van der Waals surface area contributed by atoms with Crippen LogP contribution in [0, 0.1) is 0 Å². The molecule has 5 nitrogen and oxygen atoms in total. The van der Waals surface area contributed by atoms with Gasteiger partial charge in [0.2, 0.25) is 0 Å². The minimum absolute atomic E-state index is 0.430. The number of nitrogen functional groups attached to an aromatic ring is 1. The molecule has 28 heavy (non-hydrogen) atoms. The normalized spacial score (nSPS) is 12.4. The van der Waals surface area contributed by atoms with Gasteiger partial charge in [-0.15, -0.1) is 0 Å². The quantitative estimate of drug-likeness (QED) is 0.383. The number of benzene rings is 3. The largest absolute Gasteiger partial charge is 0.497 e. The highest BCUT2D eigenvalue weighted by atomic mass is 79.9. The summed E-state index contributed by atoms with van der Waals surface area (Å²) in [4.78, 5) is 0. The van der Waals surface area contributed by atoms with Crippen molar-refractivity contribution in [3.8, 4) is 5.75 Å². The summed E-state index contributed by atoms with van der Waals surface area (Å²) >= 11 is 3.55. The summed E-state index contributed by atoms with van der Waals surface area (Å²) in [7, 11) is 1.64. The molecule has 0 aliphatic carbocycles. The number of ether oxygens (including phenoxy) is 1. The maximum Gasteiger partial charge on any atom is 0.120 e. The van der Waals surface area contributed by atoms with Gasteiger partial charge in [0.1, 0.15) is 5.75 Å². The Bertz CT molecular complexity index is 1080. The summed E-state index contributed by atoms with van der Waals surface area (Å²) in [6.07, 6.45) is -0.564. The van der Waals surface area contributed by atoms with Gasteiger partial charge in [0.15, 0.2) is 0 Å². The van der Waals surface area contributed by atoms with E-state index in [-0.39, 0.29) is 0 Å². The van der Waals surface area contributed by atoms with Crippen LogP contribution in [0.1, 0.15) is 0 Å². The molecule has 0 saturated heterocycles. The molecule has 0 fully saturated rings. The molecule has 0 aliphatic rings. The second kappa shape index (κ2) is 7.73. The Hall–Kier alpha value is -2.70. The molecule has 4 rings (SSSR count). The molecule has 0 saturated carbocycles. The molecule has 1 unspecified atom stereocenters. The van der Waals surface area contributed by atoms with E-state index in [1.165, 1.54) is 0 Å². The van der Waals surface area contributed by atoms with Gasteiger partial charge in [-0.25, -0.2) is 0 Å². The van der Waals surface area contributed by atoms with Crippen LogP contribution in [-0.2, 0) is 6.54 Å². The maximum absolute atomic E-state index is 10.7. The van der Waals surface area contributed by atoms with Crippen molar-refractivity contribution in [3.63, 3.8) is 0 Å². The Labute approximate surface area is 171 Å². The Morgan fingerprint density at radius 3 is 2.61 bits per heavy atom. The molecule has 1 aromatic heterocycles. The predicted octanol–water partition coefficient (Wildman–Crippen LogP) is 4.62. The van der Waals surface area contributed by atoms with Crippen LogP contribution in [0.15, 0.2) is 65.1 Å². The lowest BCUT2D eigenvalue weighted by Crippen LogP contribution is -2.24. The van der Waals surface area contributed by atoms with E-state index in [9.17, 15) is 5.11 Å². The average Bonchev–Trinajstić information content (AvgIpc) is 2.99. The summed E-state index contributed by atoms with van der Waals surface area (Å²) < 4.78 is 8.40. The lowest BCUT2D eigenvalue weighted by molar-refractivity contribution is 0.169. The van der Waals surface area contributed by atoms with Gasteiger partial charge < -0.3 is 25.5 Å². The number of rotatable bonds is 6. The van der Waals surface area contributed by atoms with Gasteiger partial charge in [0.05, 0.1) is 19.8 Å². The van der Waals surface area contributed by atoms with Gasteiger partial charge in [-0.3, -0.25) is 0 Å². The lowest BCUT2D eigenvalue weighted by atomic mass is 10.1. The van der Waals surface area contributed by atoms with Crippen LogP contribution in [0.25, 0.3) is 21.8 Å². The highest BCUT2D eigenvalue weighted by molar-refractivity contribution is 9.10. The number of methoxy groups -OCH3 is 1. The predicted molar refractivity (Wildman–Crippen MR) is 119 cm³/mol.